The Morgan fingerprint density at radius 2 is 2.00 bits per heavy atom. The van der Waals surface area contributed by atoms with Gasteiger partial charge >= 0.3 is 6.03 Å². The summed E-state index contributed by atoms with van der Waals surface area (Å²) < 4.78 is 0. The molecule has 0 radical (unpaired) electrons. The SMILES string of the molecule is Cc1ccc(N2C[C@@H](CNC(=O)Nc3cccc(Cl)c3)CC2=O)cc1. The summed E-state index contributed by atoms with van der Waals surface area (Å²) in [7, 11) is 0. The Hall–Kier alpha value is -2.53. The molecule has 3 amide bonds. The molecule has 2 N–H and O–H groups in total. The molecule has 1 fully saturated rings. The second-order valence-corrected chi connectivity index (χ2v) is 6.69. The van der Waals surface area contributed by atoms with Gasteiger partial charge in [-0.05, 0) is 37.3 Å². The molecule has 5 nitrogen and oxygen atoms in total. The summed E-state index contributed by atoms with van der Waals surface area (Å²) in [5, 5.41) is 6.12. The van der Waals surface area contributed by atoms with Crippen LogP contribution in [0.2, 0.25) is 5.02 Å². The van der Waals surface area contributed by atoms with E-state index in [1.807, 2.05) is 31.2 Å². The van der Waals surface area contributed by atoms with E-state index in [9.17, 15) is 9.59 Å². The largest absolute Gasteiger partial charge is 0.338 e. The Morgan fingerprint density at radius 1 is 1.24 bits per heavy atom. The molecular formula is C19H20ClN3O2. The Balaban J connectivity index is 1.51. The van der Waals surface area contributed by atoms with E-state index in [0.717, 1.165) is 11.3 Å². The zero-order valence-electron chi connectivity index (χ0n) is 14.0. The van der Waals surface area contributed by atoms with Crippen LogP contribution < -0.4 is 15.5 Å². The molecular weight excluding hydrogens is 338 g/mol. The molecule has 0 aromatic heterocycles. The van der Waals surface area contributed by atoms with Gasteiger partial charge in [0.1, 0.15) is 0 Å². The molecule has 0 aliphatic carbocycles. The molecule has 0 saturated carbocycles. The highest BCUT2D eigenvalue weighted by Crippen LogP contribution is 2.25. The van der Waals surface area contributed by atoms with E-state index in [0.29, 0.717) is 30.2 Å². The average molecular weight is 358 g/mol. The zero-order valence-corrected chi connectivity index (χ0v) is 14.7. The van der Waals surface area contributed by atoms with Gasteiger partial charge in [-0.15, -0.1) is 0 Å². The van der Waals surface area contributed by atoms with Crippen LogP contribution in [0, 0.1) is 12.8 Å². The summed E-state index contributed by atoms with van der Waals surface area (Å²) >= 11 is 5.89. The second kappa shape index (κ2) is 7.57. The van der Waals surface area contributed by atoms with Gasteiger partial charge in [0.15, 0.2) is 0 Å². The number of benzene rings is 2. The highest BCUT2D eigenvalue weighted by Gasteiger charge is 2.30. The van der Waals surface area contributed by atoms with Gasteiger partial charge in [0, 0.05) is 41.8 Å². The fraction of sp³-hybridized carbons (Fsp3) is 0.263. The van der Waals surface area contributed by atoms with Crippen LogP contribution in [0.3, 0.4) is 0 Å². The van der Waals surface area contributed by atoms with Crippen molar-refractivity contribution in [3.05, 3.63) is 59.1 Å². The van der Waals surface area contributed by atoms with E-state index < -0.39 is 0 Å². The summed E-state index contributed by atoms with van der Waals surface area (Å²) in [6.07, 6.45) is 0.436. The third-order valence-corrected chi connectivity index (χ3v) is 4.42. The van der Waals surface area contributed by atoms with E-state index in [4.69, 9.17) is 11.6 Å². The molecule has 2 aromatic carbocycles. The number of anilines is 2. The van der Waals surface area contributed by atoms with Crippen molar-refractivity contribution in [1.29, 1.82) is 0 Å². The number of hydrogen-bond acceptors (Lipinski definition) is 2. The fourth-order valence-electron chi connectivity index (χ4n) is 2.87. The van der Waals surface area contributed by atoms with Crippen LogP contribution in [-0.4, -0.2) is 25.0 Å². The quantitative estimate of drug-likeness (QED) is 0.873. The van der Waals surface area contributed by atoms with Crippen LogP contribution in [0.25, 0.3) is 0 Å². The predicted molar refractivity (Wildman–Crippen MR) is 100 cm³/mol. The standard InChI is InChI=1S/C19H20ClN3O2/c1-13-5-7-17(8-6-13)23-12-14(9-18(23)24)11-21-19(25)22-16-4-2-3-15(20)10-16/h2-8,10,14H,9,11-12H2,1H3,(H2,21,22,25)/t14-/m1/s1. The number of nitrogens with one attached hydrogen (secondary N) is 2. The Bertz CT molecular complexity index is 776. The molecule has 0 bridgehead atoms. The van der Waals surface area contributed by atoms with Crippen LogP contribution in [0.15, 0.2) is 48.5 Å². The lowest BCUT2D eigenvalue weighted by atomic mass is 10.1. The Labute approximate surface area is 152 Å². The van der Waals surface area contributed by atoms with E-state index in [-0.39, 0.29) is 17.9 Å². The summed E-state index contributed by atoms with van der Waals surface area (Å²) in [4.78, 5) is 26.0. The number of carbonyl (C=O) groups is 2. The molecule has 1 saturated heterocycles. The molecule has 25 heavy (non-hydrogen) atoms. The topological polar surface area (TPSA) is 61.4 Å². The summed E-state index contributed by atoms with van der Waals surface area (Å²) in [5.74, 6) is 0.185. The van der Waals surface area contributed by atoms with Gasteiger partial charge in [-0.25, -0.2) is 4.79 Å². The van der Waals surface area contributed by atoms with Crippen molar-refractivity contribution >= 4 is 34.9 Å². The van der Waals surface area contributed by atoms with Crippen molar-refractivity contribution in [2.24, 2.45) is 5.92 Å². The molecule has 1 atom stereocenters. The van der Waals surface area contributed by atoms with Gasteiger partial charge in [0.2, 0.25) is 5.91 Å². The lowest BCUT2D eigenvalue weighted by Crippen LogP contribution is -2.34. The van der Waals surface area contributed by atoms with Crippen molar-refractivity contribution in [2.45, 2.75) is 13.3 Å². The minimum atomic E-state index is -0.302. The molecule has 1 aliphatic heterocycles. The number of hydrogen-bond donors (Lipinski definition) is 2. The summed E-state index contributed by atoms with van der Waals surface area (Å²) in [6.45, 7) is 3.07. The minimum Gasteiger partial charge on any atom is -0.338 e. The van der Waals surface area contributed by atoms with Gasteiger partial charge in [-0.3, -0.25) is 4.79 Å². The molecule has 3 rings (SSSR count). The predicted octanol–water partition coefficient (Wildman–Crippen LogP) is 3.82. The van der Waals surface area contributed by atoms with Gasteiger partial charge < -0.3 is 15.5 Å². The number of rotatable bonds is 4. The van der Waals surface area contributed by atoms with Gasteiger partial charge in [0.05, 0.1) is 0 Å². The average Bonchev–Trinajstić information content (AvgIpc) is 2.95. The molecule has 1 heterocycles. The maximum absolute atomic E-state index is 12.2. The number of aryl methyl sites for hydroxylation is 1. The maximum Gasteiger partial charge on any atom is 0.319 e. The first-order chi connectivity index (χ1) is 12.0. The van der Waals surface area contributed by atoms with Crippen molar-refractivity contribution in [3.8, 4) is 0 Å². The van der Waals surface area contributed by atoms with Crippen molar-refractivity contribution in [2.75, 3.05) is 23.3 Å². The smallest absolute Gasteiger partial charge is 0.319 e. The van der Waals surface area contributed by atoms with Gasteiger partial charge in [-0.1, -0.05) is 35.4 Å². The van der Waals surface area contributed by atoms with Crippen LogP contribution in [0.5, 0.6) is 0 Å². The van der Waals surface area contributed by atoms with E-state index in [1.165, 1.54) is 0 Å². The summed E-state index contributed by atoms with van der Waals surface area (Å²) in [6, 6.07) is 14.6. The van der Waals surface area contributed by atoms with E-state index >= 15 is 0 Å². The van der Waals surface area contributed by atoms with Crippen LogP contribution >= 0.6 is 11.6 Å². The lowest BCUT2D eigenvalue weighted by molar-refractivity contribution is -0.117. The first-order valence-corrected chi connectivity index (χ1v) is 8.56. The van der Waals surface area contributed by atoms with E-state index in [2.05, 4.69) is 10.6 Å². The highest BCUT2D eigenvalue weighted by molar-refractivity contribution is 6.30. The first kappa shape index (κ1) is 17.3. The number of amides is 3. The van der Waals surface area contributed by atoms with Crippen molar-refractivity contribution in [1.82, 2.24) is 5.32 Å². The molecule has 0 unspecified atom stereocenters. The molecule has 130 valence electrons. The maximum atomic E-state index is 12.2. The molecule has 1 aliphatic rings. The Morgan fingerprint density at radius 3 is 2.72 bits per heavy atom. The number of nitrogens with zero attached hydrogens (tertiary/aromatic N) is 1. The monoisotopic (exact) mass is 357 g/mol. The highest BCUT2D eigenvalue weighted by atomic mass is 35.5. The molecule has 2 aromatic rings. The third-order valence-electron chi connectivity index (χ3n) is 4.18. The van der Waals surface area contributed by atoms with Crippen LogP contribution in [-0.2, 0) is 4.79 Å². The van der Waals surface area contributed by atoms with Crippen molar-refractivity contribution in [3.63, 3.8) is 0 Å². The van der Waals surface area contributed by atoms with Gasteiger partial charge in [-0.2, -0.15) is 0 Å². The third kappa shape index (κ3) is 4.51. The Kier molecular flexibility index (Phi) is 5.24. The lowest BCUT2D eigenvalue weighted by Gasteiger charge is -2.17. The number of halogens is 1. The fourth-order valence-corrected chi connectivity index (χ4v) is 3.06. The van der Waals surface area contributed by atoms with Gasteiger partial charge in [0.25, 0.3) is 0 Å². The minimum absolute atomic E-state index is 0.0888. The van der Waals surface area contributed by atoms with Crippen LogP contribution in [0.4, 0.5) is 16.2 Å². The number of urea groups is 1. The number of carbonyl (C=O) groups excluding carboxylic acids is 2. The molecule has 6 heteroatoms. The van der Waals surface area contributed by atoms with Crippen molar-refractivity contribution < 1.29 is 9.59 Å². The van der Waals surface area contributed by atoms with E-state index in [1.54, 1.807) is 29.2 Å². The van der Waals surface area contributed by atoms with Crippen LogP contribution in [0.1, 0.15) is 12.0 Å². The second-order valence-electron chi connectivity index (χ2n) is 6.26. The zero-order chi connectivity index (χ0) is 17.8. The summed E-state index contributed by atoms with van der Waals surface area (Å²) in [5.41, 5.74) is 2.70. The normalized spacial score (nSPS) is 16.8. The molecule has 0 spiro atoms. The first-order valence-electron chi connectivity index (χ1n) is 8.19.